The maximum absolute atomic E-state index is 12.7. The molecule has 0 heterocycles. The average Bonchev–Trinajstić information content (AvgIpc) is 3.32. The molecule has 12 atom stereocenters. The first kappa shape index (κ1) is 35.0. The quantitative estimate of drug-likeness (QED) is 0.123. The van der Waals surface area contributed by atoms with Gasteiger partial charge in [0.1, 0.15) is 6.17 Å². The standard InChI is InChI=1S/C37H60N2O5/c1-8-12-29(39-34(44)35(4,5)19-9-2)38-30(41)14-11-10-13-23(3)25-15-16-26-31-27(18-21-36(25,26)6)37(7)20-17-24(40)22-28(37)32(42)33(31)43/h1,11,14,23-29,31-33,40,42-43H,9-10,12-13,15-22H2,2-7H3,(H,38,41)(H,39,44)/b14-11+. The van der Waals surface area contributed by atoms with Crippen LogP contribution in [0.4, 0.5) is 0 Å². The molecule has 4 fully saturated rings. The monoisotopic (exact) mass is 612 g/mol. The lowest BCUT2D eigenvalue weighted by atomic mass is 9.43. The number of aliphatic hydroxyl groups is 3. The fourth-order valence-corrected chi connectivity index (χ4v) is 10.5. The van der Waals surface area contributed by atoms with Crippen LogP contribution in [0.15, 0.2) is 12.2 Å². The van der Waals surface area contributed by atoms with E-state index in [0.29, 0.717) is 30.1 Å². The molecule has 4 aliphatic rings. The molecule has 4 saturated carbocycles. The van der Waals surface area contributed by atoms with Gasteiger partial charge in [0.05, 0.1) is 18.3 Å². The first-order valence-electron chi connectivity index (χ1n) is 17.4. The van der Waals surface area contributed by atoms with Crippen LogP contribution in [0.25, 0.3) is 0 Å². The summed E-state index contributed by atoms with van der Waals surface area (Å²) < 4.78 is 0. The van der Waals surface area contributed by atoms with E-state index in [9.17, 15) is 24.9 Å². The number of aliphatic hydroxyl groups excluding tert-OH is 3. The molecule has 0 aliphatic heterocycles. The largest absolute Gasteiger partial charge is 0.393 e. The lowest BCUT2D eigenvalue weighted by molar-refractivity contribution is -0.223. The van der Waals surface area contributed by atoms with Crippen molar-refractivity contribution in [2.24, 2.45) is 51.8 Å². The van der Waals surface area contributed by atoms with Crippen molar-refractivity contribution in [3.63, 3.8) is 0 Å². The van der Waals surface area contributed by atoms with Crippen LogP contribution in [-0.4, -0.2) is 51.6 Å². The zero-order valence-electron chi connectivity index (χ0n) is 28.1. The number of allylic oxidation sites excluding steroid dienone is 1. The van der Waals surface area contributed by atoms with Gasteiger partial charge in [0.2, 0.25) is 11.8 Å². The molecule has 4 rings (SSSR count). The van der Waals surface area contributed by atoms with Crippen LogP contribution in [0, 0.1) is 64.1 Å². The number of rotatable bonds is 11. The summed E-state index contributed by atoms with van der Waals surface area (Å²) in [6, 6.07) is 0. The van der Waals surface area contributed by atoms with Gasteiger partial charge in [-0.1, -0.05) is 54.0 Å². The van der Waals surface area contributed by atoms with Crippen molar-refractivity contribution < 1.29 is 24.9 Å². The highest BCUT2D eigenvalue weighted by atomic mass is 16.3. The lowest BCUT2D eigenvalue weighted by Crippen LogP contribution is -2.64. The van der Waals surface area contributed by atoms with Crippen molar-refractivity contribution in [2.75, 3.05) is 0 Å². The first-order chi connectivity index (χ1) is 20.7. The Morgan fingerprint density at radius 2 is 1.68 bits per heavy atom. The molecular formula is C37H60N2O5. The summed E-state index contributed by atoms with van der Waals surface area (Å²) in [5.74, 6) is 4.07. The lowest BCUT2D eigenvalue weighted by Gasteiger charge is -2.63. The summed E-state index contributed by atoms with van der Waals surface area (Å²) in [4.78, 5) is 25.4. The third-order valence-corrected chi connectivity index (χ3v) is 13.0. The maximum Gasteiger partial charge on any atom is 0.245 e. The molecule has 12 unspecified atom stereocenters. The second kappa shape index (κ2) is 13.9. The predicted molar refractivity (Wildman–Crippen MR) is 174 cm³/mol. The van der Waals surface area contributed by atoms with Crippen molar-refractivity contribution in [3.05, 3.63) is 12.2 Å². The molecule has 0 bridgehead atoms. The smallest absolute Gasteiger partial charge is 0.245 e. The van der Waals surface area contributed by atoms with Gasteiger partial charge in [0, 0.05) is 11.8 Å². The summed E-state index contributed by atoms with van der Waals surface area (Å²) in [6.07, 6.45) is 17.0. The molecule has 7 heteroatoms. The molecule has 0 aromatic heterocycles. The average molecular weight is 613 g/mol. The minimum Gasteiger partial charge on any atom is -0.393 e. The molecule has 248 valence electrons. The number of terminal acetylenes is 1. The van der Waals surface area contributed by atoms with Gasteiger partial charge in [-0.2, -0.15) is 0 Å². The third-order valence-electron chi connectivity index (χ3n) is 13.0. The molecule has 0 spiro atoms. The van der Waals surface area contributed by atoms with Crippen molar-refractivity contribution >= 4 is 11.8 Å². The van der Waals surface area contributed by atoms with Crippen molar-refractivity contribution in [3.8, 4) is 12.3 Å². The molecule has 4 aliphatic carbocycles. The Balaban J connectivity index is 1.33. The summed E-state index contributed by atoms with van der Waals surface area (Å²) >= 11 is 0. The van der Waals surface area contributed by atoms with Crippen LogP contribution in [0.1, 0.15) is 119 Å². The predicted octanol–water partition coefficient (Wildman–Crippen LogP) is 5.33. The highest BCUT2D eigenvalue weighted by Crippen LogP contribution is 2.68. The van der Waals surface area contributed by atoms with Crippen LogP contribution >= 0.6 is 0 Å². The zero-order chi connectivity index (χ0) is 32.4. The Bertz CT molecular complexity index is 1100. The molecule has 0 aromatic rings. The van der Waals surface area contributed by atoms with Gasteiger partial charge in [0.15, 0.2) is 0 Å². The van der Waals surface area contributed by atoms with E-state index < -0.39 is 23.8 Å². The minimum absolute atomic E-state index is 0.0211. The van der Waals surface area contributed by atoms with Crippen molar-refractivity contribution in [1.29, 1.82) is 0 Å². The van der Waals surface area contributed by atoms with Crippen LogP contribution in [0.2, 0.25) is 0 Å². The Hall–Kier alpha value is -1.88. The van der Waals surface area contributed by atoms with Gasteiger partial charge in [0.25, 0.3) is 0 Å². The number of nitrogens with one attached hydrogen (secondary N) is 2. The van der Waals surface area contributed by atoms with Gasteiger partial charge < -0.3 is 26.0 Å². The summed E-state index contributed by atoms with van der Waals surface area (Å²) in [7, 11) is 0. The van der Waals surface area contributed by atoms with Crippen LogP contribution < -0.4 is 10.6 Å². The van der Waals surface area contributed by atoms with E-state index in [1.807, 2.05) is 26.8 Å². The van der Waals surface area contributed by atoms with E-state index in [4.69, 9.17) is 6.42 Å². The second-order valence-electron chi connectivity index (χ2n) is 16.1. The zero-order valence-corrected chi connectivity index (χ0v) is 28.1. The van der Waals surface area contributed by atoms with Gasteiger partial charge in [-0.3, -0.25) is 9.59 Å². The topological polar surface area (TPSA) is 119 Å². The SMILES string of the molecule is C#CCC(NC(=O)/C=C/CCC(C)C1CCC2C3C(O)C(O)C4CC(O)CCC4(C)C3CCC12C)NC(=O)C(C)(C)CCC. The molecule has 44 heavy (non-hydrogen) atoms. The molecule has 5 N–H and O–H groups in total. The van der Waals surface area contributed by atoms with Gasteiger partial charge in [-0.05, 0) is 117 Å². The summed E-state index contributed by atoms with van der Waals surface area (Å²) in [5, 5.41) is 38.9. The third kappa shape index (κ3) is 6.79. The van der Waals surface area contributed by atoms with Gasteiger partial charge >= 0.3 is 0 Å². The molecule has 7 nitrogen and oxygen atoms in total. The molecular weight excluding hydrogens is 552 g/mol. The van der Waals surface area contributed by atoms with E-state index in [-0.39, 0.29) is 47.0 Å². The normalized spacial score (nSPS) is 39.8. The van der Waals surface area contributed by atoms with E-state index in [2.05, 4.69) is 37.3 Å². The summed E-state index contributed by atoms with van der Waals surface area (Å²) in [5.41, 5.74) is -0.416. The number of carbonyl (C=O) groups is 2. The molecule has 2 amide bonds. The Kier molecular flexibility index (Phi) is 11.0. The minimum atomic E-state index is -0.761. The molecule has 0 aromatic carbocycles. The van der Waals surface area contributed by atoms with Gasteiger partial charge in [-0.15, -0.1) is 12.3 Å². The van der Waals surface area contributed by atoms with Crippen LogP contribution in [-0.2, 0) is 9.59 Å². The van der Waals surface area contributed by atoms with Crippen molar-refractivity contribution in [2.45, 2.75) is 143 Å². The van der Waals surface area contributed by atoms with E-state index in [0.717, 1.165) is 64.2 Å². The van der Waals surface area contributed by atoms with E-state index in [1.54, 1.807) is 6.08 Å². The summed E-state index contributed by atoms with van der Waals surface area (Å²) in [6.45, 7) is 12.9. The van der Waals surface area contributed by atoms with Crippen LogP contribution in [0.3, 0.4) is 0 Å². The number of hydrogen-bond donors (Lipinski definition) is 5. The van der Waals surface area contributed by atoms with E-state index >= 15 is 0 Å². The first-order valence-corrected chi connectivity index (χ1v) is 17.4. The fraction of sp³-hybridized carbons (Fsp3) is 0.838. The maximum atomic E-state index is 12.7. The van der Waals surface area contributed by atoms with Crippen molar-refractivity contribution in [1.82, 2.24) is 10.6 Å². The number of amides is 2. The number of hydrogen-bond acceptors (Lipinski definition) is 5. The van der Waals surface area contributed by atoms with Gasteiger partial charge in [-0.25, -0.2) is 0 Å². The number of carbonyl (C=O) groups excluding carboxylic acids is 2. The van der Waals surface area contributed by atoms with Crippen LogP contribution in [0.5, 0.6) is 0 Å². The molecule has 0 radical (unpaired) electrons. The fourth-order valence-electron chi connectivity index (χ4n) is 10.5. The Morgan fingerprint density at radius 1 is 1.00 bits per heavy atom. The van der Waals surface area contributed by atoms with E-state index in [1.165, 1.54) is 0 Å². The Morgan fingerprint density at radius 3 is 2.36 bits per heavy atom. The number of fused-ring (bicyclic) bond motifs is 5. The molecule has 0 saturated heterocycles. The highest BCUT2D eigenvalue weighted by molar-refractivity contribution is 5.88. The Labute approximate surface area is 266 Å². The second-order valence-corrected chi connectivity index (χ2v) is 16.1. The highest BCUT2D eigenvalue weighted by Gasteiger charge is 2.65.